The molecule has 3 heterocycles. The molecule has 3 aromatic rings. The smallest absolute Gasteiger partial charge is 0.406 e. The van der Waals surface area contributed by atoms with E-state index in [0.29, 0.717) is 18.1 Å². The number of nitrogens with zero attached hydrogens (tertiary/aromatic N) is 4. The van der Waals surface area contributed by atoms with Crippen LogP contribution in [0.25, 0.3) is 0 Å². The van der Waals surface area contributed by atoms with Crippen molar-refractivity contribution < 1.29 is 22.7 Å². The van der Waals surface area contributed by atoms with Crippen molar-refractivity contribution >= 4 is 23.6 Å². The van der Waals surface area contributed by atoms with Gasteiger partial charge in [0.25, 0.3) is 0 Å². The predicted octanol–water partition coefficient (Wildman–Crippen LogP) is 5.25. The molecule has 0 spiro atoms. The maximum Gasteiger partial charge on any atom is 0.573 e. The van der Waals surface area contributed by atoms with Crippen molar-refractivity contribution in [1.82, 2.24) is 14.8 Å². The zero-order chi connectivity index (χ0) is 26.7. The van der Waals surface area contributed by atoms with E-state index in [2.05, 4.69) is 37.7 Å². The molecule has 5 rings (SSSR count). The highest BCUT2D eigenvalue weighted by molar-refractivity contribution is 6.32. The van der Waals surface area contributed by atoms with E-state index in [9.17, 15) is 18.0 Å². The molecule has 1 fully saturated rings. The molecule has 2 aliphatic heterocycles. The highest BCUT2D eigenvalue weighted by Crippen LogP contribution is 2.41. The van der Waals surface area contributed by atoms with Crippen molar-refractivity contribution in [3.05, 3.63) is 88.2 Å². The van der Waals surface area contributed by atoms with E-state index < -0.39 is 12.4 Å². The quantitative estimate of drug-likeness (QED) is 0.361. The van der Waals surface area contributed by atoms with Crippen molar-refractivity contribution in [2.75, 3.05) is 37.6 Å². The van der Waals surface area contributed by atoms with Crippen LogP contribution in [0.2, 0.25) is 5.02 Å². The van der Waals surface area contributed by atoms with Gasteiger partial charge in [0.2, 0.25) is 0 Å². The van der Waals surface area contributed by atoms with Crippen LogP contribution in [0.4, 0.5) is 18.9 Å². The number of carbonyl (C=O) groups excluding carboxylic acids is 1. The largest absolute Gasteiger partial charge is 0.573 e. The third-order valence-corrected chi connectivity index (χ3v) is 7.45. The molecule has 38 heavy (non-hydrogen) atoms. The predicted molar refractivity (Wildman–Crippen MR) is 139 cm³/mol. The van der Waals surface area contributed by atoms with Crippen molar-refractivity contribution in [3.63, 3.8) is 0 Å². The molecule has 1 unspecified atom stereocenters. The Morgan fingerprint density at radius 3 is 2.37 bits per heavy atom. The first kappa shape index (κ1) is 26.5. The zero-order valence-electron chi connectivity index (χ0n) is 20.7. The summed E-state index contributed by atoms with van der Waals surface area (Å²) in [5.41, 5.74) is 4.91. The van der Waals surface area contributed by atoms with E-state index in [4.69, 9.17) is 11.6 Å². The van der Waals surface area contributed by atoms with E-state index in [0.717, 1.165) is 67.8 Å². The molecule has 0 radical (unpaired) electrons. The summed E-state index contributed by atoms with van der Waals surface area (Å²) in [4.78, 5) is 22.9. The van der Waals surface area contributed by atoms with E-state index in [-0.39, 0.29) is 5.75 Å². The topological polar surface area (TPSA) is 48.9 Å². The van der Waals surface area contributed by atoms with Gasteiger partial charge in [0, 0.05) is 68.9 Å². The molecule has 0 N–H and O–H groups in total. The van der Waals surface area contributed by atoms with Gasteiger partial charge in [-0.2, -0.15) is 0 Å². The van der Waals surface area contributed by atoms with Crippen LogP contribution in [0.15, 0.2) is 60.9 Å². The van der Waals surface area contributed by atoms with Gasteiger partial charge in [-0.3, -0.25) is 14.8 Å². The Morgan fingerprint density at radius 2 is 1.71 bits per heavy atom. The molecule has 1 atom stereocenters. The van der Waals surface area contributed by atoms with Crippen molar-refractivity contribution in [3.8, 4) is 5.75 Å². The number of aromatic nitrogens is 1. The van der Waals surface area contributed by atoms with Gasteiger partial charge < -0.3 is 14.4 Å². The summed E-state index contributed by atoms with van der Waals surface area (Å²) in [6.45, 7) is 5.61. The van der Waals surface area contributed by atoms with Crippen LogP contribution < -0.4 is 9.64 Å². The maximum atomic E-state index is 12.5. The first-order valence-electron chi connectivity index (χ1n) is 12.5. The minimum absolute atomic E-state index is 0.275. The molecule has 10 heteroatoms. The lowest BCUT2D eigenvalue weighted by atomic mass is 10.0. The van der Waals surface area contributed by atoms with Crippen LogP contribution in [0.5, 0.6) is 5.75 Å². The average Bonchev–Trinajstić information content (AvgIpc) is 3.26. The van der Waals surface area contributed by atoms with Gasteiger partial charge in [0.15, 0.2) is 0 Å². The fraction of sp³-hybridized carbons (Fsp3) is 0.357. The van der Waals surface area contributed by atoms with Crippen molar-refractivity contribution in [1.29, 1.82) is 0 Å². The van der Waals surface area contributed by atoms with Crippen LogP contribution in [-0.2, 0) is 24.3 Å². The van der Waals surface area contributed by atoms with Crippen LogP contribution in [0.3, 0.4) is 0 Å². The molecule has 0 amide bonds. The third-order valence-electron chi connectivity index (χ3n) is 7.14. The zero-order valence-corrected chi connectivity index (χ0v) is 21.5. The molecule has 1 saturated heterocycles. The normalized spacial score (nSPS) is 18.4. The molecule has 0 aliphatic carbocycles. The Bertz CT molecular complexity index is 1250. The number of alkyl halides is 3. The summed E-state index contributed by atoms with van der Waals surface area (Å²) in [5.74, 6) is -0.275. The van der Waals surface area contributed by atoms with Crippen LogP contribution >= 0.6 is 11.6 Å². The van der Waals surface area contributed by atoms with Gasteiger partial charge in [-0.15, -0.1) is 13.2 Å². The number of benzene rings is 2. The first-order valence-corrected chi connectivity index (χ1v) is 12.9. The Morgan fingerprint density at radius 1 is 1.00 bits per heavy atom. The molecule has 1 aromatic heterocycles. The minimum Gasteiger partial charge on any atom is -0.406 e. The summed E-state index contributed by atoms with van der Waals surface area (Å²) in [6, 6.07) is 13.4. The average molecular weight is 545 g/mol. The minimum atomic E-state index is -4.73. The monoisotopic (exact) mass is 544 g/mol. The number of pyridine rings is 1. The van der Waals surface area contributed by atoms with Crippen molar-refractivity contribution in [2.45, 2.75) is 31.9 Å². The van der Waals surface area contributed by atoms with E-state index in [1.165, 1.54) is 17.7 Å². The number of ether oxygens (including phenoxy) is 1. The Labute approximate surface area is 224 Å². The second-order valence-corrected chi connectivity index (χ2v) is 10.0. The second kappa shape index (κ2) is 11.3. The number of halogens is 4. The van der Waals surface area contributed by atoms with Gasteiger partial charge in [0.1, 0.15) is 12.0 Å². The SMILES string of the molecule is O=CC1c2c(Cl)cc(N3CCN(CCc4ccncc4)CC3)cc2CN1Cc1ccc(OC(F)(F)F)cc1. The van der Waals surface area contributed by atoms with Gasteiger partial charge in [0.05, 0.1) is 6.04 Å². The lowest BCUT2D eigenvalue weighted by Gasteiger charge is -2.36. The molecule has 2 aliphatic rings. The Kier molecular flexibility index (Phi) is 7.88. The number of hydrogen-bond acceptors (Lipinski definition) is 6. The molecule has 2 aromatic carbocycles. The number of rotatable bonds is 8. The molecule has 200 valence electrons. The molecule has 0 saturated carbocycles. The number of fused-ring (bicyclic) bond motifs is 1. The summed E-state index contributed by atoms with van der Waals surface area (Å²) in [7, 11) is 0. The number of anilines is 1. The van der Waals surface area contributed by atoms with Crippen LogP contribution in [0.1, 0.15) is 28.3 Å². The lowest BCUT2D eigenvalue weighted by Crippen LogP contribution is -2.47. The van der Waals surface area contributed by atoms with Gasteiger partial charge in [-0.25, -0.2) is 0 Å². The molecule has 0 bridgehead atoms. The fourth-order valence-electron chi connectivity index (χ4n) is 5.21. The molecular formula is C28H28ClF3N4O2. The number of carbonyl (C=O) groups is 1. The molecule has 6 nitrogen and oxygen atoms in total. The Hall–Kier alpha value is -3.14. The van der Waals surface area contributed by atoms with E-state index >= 15 is 0 Å². The standard InChI is InChI=1S/C28H28ClF3N4O2/c29-25-16-23(35-13-11-34(12-14-35)10-7-20-5-8-33-9-6-20)15-22-18-36(26(19-37)27(22)25)17-21-1-3-24(4-2-21)38-28(30,31)32/h1-6,8-9,15-16,19,26H,7,10-14,17-18H2. The highest BCUT2D eigenvalue weighted by Gasteiger charge is 2.34. The van der Waals surface area contributed by atoms with E-state index in [1.807, 2.05) is 23.4 Å². The first-order chi connectivity index (χ1) is 18.3. The highest BCUT2D eigenvalue weighted by atomic mass is 35.5. The third kappa shape index (κ3) is 6.28. The maximum absolute atomic E-state index is 12.5. The number of piperazine rings is 1. The van der Waals surface area contributed by atoms with Gasteiger partial charge in [-0.1, -0.05) is 23.7 Å². The fourth-order valence-corrected chi connectivity index (χ4v) is 5.55. The summed E-state index contributed by atoms with van der Waals surface area (Å²) in [6.07, 6.45) is 0.783. The summed E-state index contributed by atoms with van der Waals surface area (Å²) >= 11 is 6.71. The van der Waals surface area contributed by atoms with Gasteiger partial charge >= 0.3 is 6.36 Å². The number of hydrogen-bond donors (Lipinski definition) is 0. The Balaban J connectivity index is 1.22. The second-order valence-electron chi connectivity index (χ2n) is 9.61. The lowest BCUT2D eigenvalue weighted by molar-refractivity contribution is -0.274. The molecular weight excluding hydrogens is 517 g/mol. The van der Waals surface area contributed by atoms with Crippen LogP contribution in [-0.4, -0.2) is 60.2 Å². The van der Waals surface area contributed by atoms with E-state index in [1.54, 1.807) is 12.1 Å². The van der Waals surface area contributed by atoms with Crippen molar-refractivity contribution in [2.24, 2.45) is 0 Å². The summed E-state index contributed by atoms with van der Waals surface area (Å²) < 4.78 is 41.3. The van der Waals surface area contributed by atoms with Gasteiger partial charge in [-0.05, 0) is 65.1 Å². The summed E-state index contributed by atoms with van der Waals surface area (Å²) in [5, 5.41) is 0.561. The number of aldehydes is 1. The van der Waals surface area contributed by atoms with Crippen LogP contribution in [0, 0.1) is 0 Å².